The van der Waals surface area contributed by atoms with Crippen LogP contribution in [0.3, 0.4) is 0 Å². The Morgan fingerprint density at radius 1 is 1.25 bits per heavy atom. The smallest absolute Gasteiger partial charge is 0.416 e. The molecule has 8 heteroatoms. The standard InChI is InChI=1S/C24H29F3O5/c1-31-22(28)23(29,30)15-5-2-3-9-18-11-7-12-19(18)10-4-6-16-32-21-14-8-13-20(17-21)24(25,26)27/h3-5,8,10,13-14,17-19,29-30H,6-7,9,11-12,15-16H2,1H3/b10-4+/t2?,18-,19-/m0/s1. The number of carbonyl (C=O) groups is 1. The Bertz CT molecular complexity index is 838. The van der Waals surface area contributed by atoms with Crippen molar-refractivity contribution in [3.05, 3.63) is 59.9 Å². The number of halogens is 3. The minimum atomic E-state index is -4.39. The molecule has 0 unspecified atom stereocenters. The Labute approximate surface area is 185 Å². The summed E-state index contributed by atoms with van der Waals surface area (Å²) in [7, 11) is 1.08. The van der Waals surface area contributed by atoms with Gasteiger partial charge in [0.2, 0.25) is 0 Å². The van der Waals surface area contributed by atoms with Crippen LogP contribution >= 0.6 is 0 Å². The molecule has 176 valence electrons. The third kappa shape index (κ3) is 8.19. The Morgan fingerprint density at radius 2 is 2.03 bits per heavy atom. The van der Waals surface area contributed by atoms with Crippen LogP contribution in [0.25, 0.3) is 0 Å². The zero-order chi connectivity index (χ0) is 23.6. The van der Waals surface area contributed by atoms with Crippen LogP contribution in [0.2, 0.25) is 0 Å². The Hall–Kier alpha value is -2.54. The van der Waals surface area contributed by atoms with Gasteiger partial charge in [0.15, 0.2) is 0 Å². The van der Waals surface area contributed by atoms with Gasteiger partial charge in [-0.25, -0.2) is 4.79 Å². The van der Waals surface area contributed by atoms with E-state index in [9.17, 15) is 28.2 Å². The van der Waals surface area contributed by atoms with Gasteiger partial charge < -0.3 is 19.7 Å². The van der Waals surface area contributed by atoms with Crippen LogP contribution in [0.1, 0.15) is 44.1 Å². The van der Waals surface area contributed by atoms with E-state index in [2.05, 4.69) is 16.5 Å². The summed E-state index contributed by atoms with van der Waals surface area (Å²) in [4.78, 5) is 11.2. The molecule has 0 radical (unpaired) electrons. The number of esters is 1. The van der Waals surface area contributed by atoms with Crippen molar-refractivity contribution in [2.75, 3.05) is 13.7 Å². The first-order valence-corrected chi connectivity index (χ1v) is 10.5. The fourth-order valence-corrected chi connectivity index (χ4v) is 3.64. The van der Waals surface area contributed by atoms with E-state index in [0.717, 1.165) is 44.9 Å². The quantitative estimate of drug-likeness (QED) is 0.175. The highest BCUT2D eigenvalue weighted by Crippen LogP contribution is 2.35. The van der Waals surface area contributed by atoms with Crippen LogP contribution in [-0.4, -0.2) is 35.7 Å². The predicted molar refractivity (Wildman–Crippen MR) is 113 cm³/mol. The first-order chi connectivity index (χ1) is 15.1. The predicted octanol–water partition coefficient (Wildman–Crippen LogP) is 4.79. The summed E-state index contributed by atoms with van der Waals surface area (Å²) in [6.07, 6.45) is 7.25. The molecule has 2 atom stereocenters. The van der Waals surface area contributed by atoms with Gasteiger partial charge in [-0.05, 0) is 67.9 Å². The Morgan fingerprint density at radius 3 is 2.75 bits per heavy atom. The van der Waals surface area contributed by atoms with Gasteiger partial charge in [0.25, 0.3) is 5.79 Å². The summed E-state index contributed by atoms with van der Waals surface area (Å²) in [6, 6.07) is 4.85. The molecule has 1 aromatic rings. The van der Waals surface area contributed by atoms with Crippen LogP contribution in [0.5, 0.6) is 5.75 Å². The van der Waals surface area contributed by atoms with Gasteiger partial charge in [-0.2, -0.15) is 13.2 Å². The average Bonchev–Trinajstić information content (AvgIpc) is 3.19. The highest BCUT2D eigenvalue weighted by molar-refractivity contribution is 5.77. The molecule has 2 rings (SSSR count). The molecule has 1 aromatic carbocycles. The van der Waals surface area contributed by atoms with E-state index in [4.69, 9.17) is 4.74 Å². The van der Waals surface area contributed by atoms with Crippen molar-refractivity contribution in [1.82, 2.24) is 0 Å². The molecule has 1 aliphatic carbocycles. The summed E-state index contributed by atoms with van der Waals surface area (Å²) in [5, 5.41) is 19.1. The third-order valence-electron chi connectivity index (χ3n) is 5.37. The molecule has 5 nitrogen and oxygen atoms in total. The van der Waals surface area contributed by atoms with Crippen molar-refractivity contribution in [2.24, 2.45) is 11.8 Å². The fourth-order valence-electron chi connectivity index (χ4n) is 3.64. The maximum absolute atomic E-state index is 12.7. The topological polar surface area (TPSA) is 76.0 Å². The lowest BCUT2D eigenvalue weighted by molar-refractivity contribution is -0.205. The summed E-state index contributed by atoms with van der Waals surface area (Å²) in [5.74, 6) is -2.64. The van der Waals surface area contributed by atoms with Crippen molar-refractivity contribution in [3.63, 3.8) is 0 Å². The maximum atomic E-state index is 12.7. The lowest BCUT2D eigenvalue weighted by atomic mass is 9.92. The number of alkyl halides is 3. The zero-order valence-corrected chi connectivity index (χ0v) is 18.0. The highest BCUT2D eigenvalue weighted by Gasteiger charge is 2.33. The minimum Gasteiger partial charge on any atom is -0.493 e. The molecule has 1 aliphatic rings. The average molecular weight is 454 g/mol. The molecular weight excluding hydrogens is 425 g/mol. The second-order valence-corrected chi connectivity index (χ2v) is 7.77. The van der Waals surface area contributed by atoms with Crippen molar-refractivity contribution in [1.29, 1.82) is 0 Å². The summed E-state index contributed by atoms with van der Waals surface area (Å²) in [6.45, 7) is 0.294. The number of carbonyl (C=O) groups excluding carboxylic acids is 1. The van der Waals surface area contributed by atoms with Gasteiger partial charge in [0.1, 0.15) is 5.75 Å². The van der Waals surface area contributed by atoms with Crippen LogP contribution in [-0.2, 0) is 15.7 Å². The number of rotatable bonds is 10. The van der Waals surface area contributed by atoms with Gasteiger partial charge in [-0.15, -0.1) is 5.73 Å². The lowest BCUT2D eigenvalue weighted by Gasteiger charge is -2.15. The third-order valence-corrected chi connectivity index (χ3v) is 5.37. The first kappa shape index (κ1) is 25.7. The van der Waals surface area contributed by atoms with E-state index in [-0.39, 0.29) is 12.2 Å². The van der Waals surface area contributed by atoms with Gasteiger partial charge >= 0.3 is 12.1 Å². The van der Waals surface area contributed by atoms with E-state index < -0.39 is 23.5 Å². The monoisotopic (exact) mass is 454 g/mol. The highest BCUT2D eigenvalue weighted by atomic mass is 19.4. The van der Waals surface area contributed by atoms with Crippen LogP contribution in [0, 0.1) is 11.8 Å². The van der Waals surface area contributed by atoms with E-state index in [1.165, 1.54) is 18.2 Å². The molecule has 1 fully saturated rings. The SMILES string of the molecule is COC(=O)C(O)(O)CC=C=CC[C@H]1CCC[C@@H]1/C=C/CCOc1cccc(C(F)(F)F)c1. The molecule has 0 amide bonds. The molecule has 1 saturated carbocycles. The number of allylic oxidation sites excluding steroid dienone is 1. The van der Waals surface area contributed by atoms with E-state index in [1.54, 1.807) is 0 Å². The first-order valence-electron chi connectivity index (χ1n) is 10.5. The number of ether oxygens (including phenoxy) is 2. The summed E-state index contributed by atoms with van der Waals surface area (Å²) in [5.41, 5.74) is 2.15. The lowest BCUT2D eigenvalue weighted by Crippen LogP contribution is -2.38. The van der Waals surface area contributed by atoms with Gasteiger partial charge in [0, 0.05) is 6.42 Å². The fraction of sp³-hybridized carbons (Fsp3) is 0.500. The van der Waals surface area contributed by atoms with Gasteiger partial charge in [-0.1, -0.05) is 24.6 Å². The van der Waals surface area contributed by atoms with Crippen molar-refractivity contribution >= 4 is 5.97 Å². The molecule has 0 bridgehead atoms. The van der Waals surface area contributed by atoms with E-state index in [1.807, 2.05) is 12.2 Å². The molecule has 2 N–H and O–H groups in total. The zero-order valence-electron chi connectivity index (χ0n) is 18.0. The Kier molecular flexibility index (Phi) is 9.57. The van der Waals surface area contributed by atoms with Crippen molar-refractivity contribution in [3.8, 4) is 5.75 Å². The number of benzene rings is 1. The van der Waals surface area contributed by atoms with E-state index >= 15 is 0 Å². The minimum absolute atomic E-state index is 0.200. The van der Waals surface area contributed by atoms with Crippen molar-refractivity contribution < 1.29 is 37.7 Å². The van der Waals surface area contributed by atoms with Crippen molar-refractivity contribution in [2.45, 2.75) is 50.5 Å². The maximum Gasteiger partial charge on any atom is 0.416 e. The molecular formula is C24H29F3O5. The van der Waals surface area contributed by atoms with Crippen LogP contribution in [0.15, 0.2) is 54.3 Å². The summed E-state index contributed by atoms with van der Waals surface area (Å²) >= 11 is 0. The second kappa shape index (κ2) is 11.9. The number of methoxy groups -OCH3 is 1. The van der Waals surface area contributed by atoms with Crippen LogP contribution < -0.4 is 4.74 Å². The number of hydrogen-bond donors (Lipinski definition) is 2. The second-order valence-electron chi connectivity index (χ2n) is 7.77. The number of hydrogen-bond acceptors (Lipinski definition) is 5. The van der Waals surface area contributed by atoms with Crippen LogP contribution in [0.4, 0.5) is 13.2 Å². The molecule has 32 heavy (non-hydrogen) atoms. The Balaban J connectivity index is 1.76. The molecule has 0 aliphatic heterocycles. The normalized spacial score (nSPS) is 18.9. The molecule has 0 heterocycles. The summed E-state index contributed by atoms with van der Waals surface area (Å²) < 4.78 is 47.9. The number of aliphatic hydroxyl groups is 2. The molecule has 0 saturated heterocycles. The molecule has 0 aromatic heterocycles. The van der Waals surface area contributed by atoms with Gasteiger partial charge in [-0.3, -0.25) is 0 Å². The van der Waals surface area contributed by atoms with E-state index in [0.29, 0.717) is 24.9 Å². The largest absolute Gasteiger partial charge is 0.493 e. The molecule has 0 spiro atoms. The van der Waals surface area contributed by atoms with Gasteiger partial charge in [0.05, 0.1) is 19.3 Å².